The molecule has 4 rings (SSSR count). The minimum absolute atomic E-state index is 0.583. The number of pyridine rings is 1. The highest BCUT2D eigenvalue weighted by atomic mass is 32.2. The lowest BCUT2D eigenvalue weighted by Crippen LogP contribution is -1.92. The van der Waals surface area contributed by atoms with Crippen molar-refractivity contribution in [2.24, 2.45) is 0 Å². The molecule has 0 bridgehead atoms. The van der Waals surface area contributed by atoms with Crippen LogP contribution in [0.15, 0.2) is 45.2 Å². The van der Waals surface area contributed by atoms with E-state index in [2.05, 4.69) is 49.2 Å². The number of hydrogen-bond donors (Lipinski definition) is 0. The van der Waals surface area contributed by atoms with Crippen molar-refractivity contribution in [1.82, 2.24) is 15.2 Å². The first kappa shape index (κ1) is 16.3. The molecule has 0 aliphatic heterocycles. The maximum absolute atomic E-state index is 5.75. The fourth-order valence-electron chi connectivity index (χ4n) is 2.84. The molecular weight excluding hydrogens is 350 g/mol. The minimum atomic E-state index is 0.583. The Kier molecular flexibility index (Phi) is 4.31. The van der Waals surface area contributed by atoms with Crippen LogP contribution in [0.4, 0.5) is 0 Å². The van der Waals surface area contributed by atoms with Crippen molar-refractivity contribution in [1.29, 1.82) is 0 Å². The number of hydrogen-bond acceptors (Lipinski definition) is 6. The first-order valence-electron chi connectivity index (χ1n) is 7.98. The lowest BCUT2D eigenvalue weighted by molar-refractivity contribution is 0.529. The van der Waals surface area contributed by atoms with Gasteiger partial charge in [0.2, 0.25) is 5.89 Å². The van der Waals surface area contributed by atoms with Crippen LogP contribution in [0.3, 0.4) is 0 Å². The molecule has 4 aromatic rings. The number of nitrogens with zero attached hydrogens (tertiary/aromatic N) is 3. The Morgan fingerprint density at radius 1 is 1.08 bits per heavy atom. The molecule has 3 aromatic heterocycles. The molecule has 126 valence electrons. The third-order valence-corrected chi connectivity index (χ3v) is 5.73. The molecule has 0 aliphatic rings. The molecule has 0 atom stereocenters. The zero-order valence-electron chi connectivity index (χ0n) is 14.2. The Labute approximate surface area is 154 Å². The smallest absolute Gasteiger partial charge is 0.257 e. The van der Waals surface area contributed by atoms with Gasteiger partial charge in [0.05, 0.1) is 21.2 Å². The summed E-state index contributed by atoms with van der Waals surface area (Å²) >= 11 is 3.22. The minimum Gasteiger partial charge on any atom is -0.419 e. The number of thiophene rings is 1. The SMILES string of the molecule is Cc1cc(C)c2nc(SCc3nnc(-c4cccs4)o3)cc(C)c2c1. The molecule has 3 heterocycles. The third-order valence-electron chi connectivity index (χ3n) is 3.97. The quantitative estimate of drug-likeness (QED) is 0.442. The lowest BCUT2D eigenvalue weighted by atomic mass is 10.0. The Hall–Kier alpha value is -2.18. The highest BCUT2D eigenvalue weighted by molar-refractivity contribution is 7.98. The lowest BCUT2D eigenvalue weighted by Gasteiger charge is -2.09. The van der Waals surface area contributed by atoms with Crippen LogP contribution >= 0.6 is 23.1 Å². The number of rotatable bonds is 4. The van der Waals surface area contributed by atoms with E-state index in [9.17, 15) is 0 Å². The molecule has 4 nitrogen and oxygen atoms in total. The molecule has 0 radical (unpaired) electrons. The maximum Gasteiger partial charge on any atom is 0.257 e. The number of benzene rings is 1. The summed E-state index contributed by atoms with van der Waals surface area (Å²) in [4.78, 5) is 5.82. The van der Waals surface area contributed by atoms with Gasteiger partial charge in [-0.3, -0.25) is 0 Å². The van der Waals surface area contributed by atoms with Gasteiger partial charge >= 0.3 is 0 Å². The summed E-state index contributed by atoms with van der Waals surface area (Å²) in [6.07, 6.45) is 0. The summed E-state index contributed by atoms with van der Waals surface area (Å²) in [5.41, 5.74) is 4.78. The molecule has 1 aromatic carbocycles. The highest BCUT2D eigenvalue weighted by Crippen LogP contribution is 2.29. The van der Waals surface area contributed by atoms with E-state index in [4.69, 9.17) is 9.40 Å². The van der Waals surface area contributed by atoms with Gasteiger partial charge in [-0.15, -0.1) is 21.5 Å². The second-order valence-electron chi connectivity index (χ2n) is 6.02. The van der Waals surface area contributed by atoms with Gasteiger partial charge < -0.3 is 4.42 Å². The summed E-state index contributed by atoms with van der Waals surface area (Å²) in [5.74, 6) is 1.81. The molecule has 25 heavy (non-hydrogen) atoms. The molecule has 0 saturated carbocycles. The molecule has 0 aliphatic carbocycles. The second-order valence-corrected chi connectivity index (χ2v) is 7.97. The van der Waals surface area contributed by atoms with E-state index < -0.39 is 0 Å². The summed E-state index contributed by atoms with van der Waals surface area (Å²) in [7, 11) is 0. The Morgan fingerprint density at radius 3 is 2.76 bits per heavy atom. The van der Waals surface area contributed by atoms with E-state index in [0.717, 1.165) is 15.4 Å². The molecule has 0 spiro atoms. The molecule has 0 fully saturated rings. The largest absolute Gasteiger partial charge is 0.419 e. The predicted octanol–water partition coefficient (Wildman–Crippen LogP) is 5.56. The maximum atomic E-state index is 5.75. The van der Waals surface area contributed by atoms with E-state index in [1.165, 1.54) is 22.1 Å². The average molecular weight is 367 g/mol. The fourth-order valence-corrected chi connectivity index (χ4v) is 4.28. The number of thioether (sulfide) groups is 1. The van der Waals surface area contributed by atoms with Crippen LogP contribution < -0.4 is 0 Å². The Balaban J connectivity index is 1.57. The molecule has 6 heteroatoms. The van der Waals surface area contributed by atoms with Gasteiger partial charge in [-0.25, -0.2) is 4.98 Å². The van der Waals surface area contributed by atoms with Crippen LogP contribution in [-0.2, 0) is 5.75 Å². The Bertz CT molecular complexity index is 1040. The summed E-state index contributed by atoms with van der Waals surface area (Å²) < 4.78 is 5.75. The van der Waals surface area contributed by atoms with Crippen molar-refractivity contribution >= 4 is 34.0 Å². The van der Waals surface area contributed by atoms with Gasteiger partial charge in [0.15, 0.2) is 0 Å². The first-order valence-corrected chi connectivity index (χ1v) is 9.84. The third kappa shape index (κ3) is 3.32. The summed E-state index contributed by atoms with van der Waals surface area (Å²) in [6, 6.07) is 10.5. The van der Waals surface area contributed by atoms with Crippen molar-refractivity contribution in [3.8, 4) is 10.8 Å². The zero-order chi connectivity index (χ0) is 17.4. The van der Waals surface area contributed by atoms with Crippen molar-refractivity contribution in [3.63, 3.8) is 0 Å². The Morgan fingerprint density at radius 2 is 1.96 bits per heavy atom. The molecule has 0 unspecified atom stereocenters. The van der Waals surface area contributed by atoms with Crippen LogP contribution in [0.25, 0.3) is 21.7 Å². The topological polar surface area (TPSA) is 51.8 Å². The van der Waals surface area contributed by atoms with Gasteiger partial charge in [0.1, 0.15) is 0 Å². The first-order chi connectivity index (χ1) is 12.1. The molecule has 0 N–H and O–H groups in total. The van der Waals surface area contributed by atoms with Crippen molar-refractivity contribution in [2.75, 3.05) is 0 Å². The average Bonchev–Trinajstić information content (AvgIpc) is 3.25. The van der Waals surface area contributed by atoms with Gasteiger partial charge in [-0.1, -0.05) is 29.5 Å². The van der Waals surface area contributed by atoms with Crippen LogP contribution in [0, 0.1) is 20.8 Å². The van der Waals surface area contributed by atoms with Crippen LogP contribution in [0.1, 0.15) is 22.6 Å². The predicted molar refractivity (Wildman–Crippen MR) is 103 cm³/mol. The molecule has 0 amide bonds. The zero-order valence-corrected chi connectivity index (χ0v) is 15.9. The highest BCUT2D eigenvalue weighted by Gasteiger charge is 2.11. The van der Waals surface area contributed by atoms with E-state index in [1.807, 2.05) is 17.5 Å². The van der Waals surface area contributed by atoms with Gasteiger partial charge in [-0.2, -0.15) is 0 Å². The van der Waals surface area contributed by atoms with E-state index in [0.29, 0.717) is 17.5 Å². The van der Waals surface area contributed by atoms with Crippen LogP contribution in [0.2, 0.25) is 0 Å². The van der Waals surface area contributed by atoms with Gasteiger partial charge in [0.25, 0.3) is 5.89 Å². The molecular formula is C19H17N3OS2. The number of aryl methyl sites for hydroxylation is 3. The van der Waals surface area contributed by atoms with Gasteiger partial charge in [-0.05, 0) is 55.5 Å². The monoisotopic (exact) mass is 367 g/mol. The van der Waals surface area contributed by atoms with Crippen molar-refractivity contribution in [2.45, 2.75) is 31.6 Å². The fraction of sp³-hybridized carbons (Fsp3) is 0.211. The standard InChI is InChI=1S/C19H17N3OS2/c1-11-7-13(3)18-14(8-11)12(2)9-17(20-18)25-10-16-21-22-19(23-16)15-5-4-6-24-15/h4-9H,10H2,1-3H3. The molecule has 0 saturated heterocycles. The van der Waals surface area contributed by atoms with E-state index in [1.54, 1.807) is 23.1 Å². The van der Waals surface area contributed by atoms with Crippen LogP contribution in [-0.4, -0.2) is 15.2 Å². The van der Waals surface area contributed by atoms with Gasteiger partial charge in [0, 0.05) is 5.39 Å². The normalized spacial score (nSPS) is 11.3. The van der Waals surface area contributed by atoms with Crippen LogP contribution in [0.5, 0.6) is 0 Å². The number of aromatic nitrogens is 3. The second kappa shape index (κ2) is 6.61. The van der Waals surface area contributed by atoms with E-state index >= 15 is 0 Å². The van der Waals surface area contributed by atoms with Crippen molar-refractivity contribution < 1.29 is 4.42 Å². The van der Waals surface area contributed by atoms with E-state index in [-0.39, 0.29) is 0 Å². The summed E-state index contributed by atoms with van der Waals surface area (Å²) in [5, 5.41) is 12.5. The van der Waals surface area contributed by atoms with Crippen molar-refractivity contribution in [3.05, 3.63) is 58.3 Å². The number of fused-ring (bicyclic) bond motifs is 1. The summed E-state index contributed by atoms with van der Waals surface area (Å²) in [6.45, 7) is 6.37.